The molecule has 2 fully saturated rings. The number of benzene rings is 1. The van der Waals surface area contributed by atoms with E-state index in [0.29, 0.717) is 24.5 Å². The number of nitrogens with two attached hydrogens (primary N) is 1. The second-order valence-corrected chi connectivity index (χ2v) is 8.13. The number of nitrogens with zero attached hydrogens (tertiary/aromatic N) is 1. The van der Waals surface area contributed by atoms with Crippen LogP contribution in [0.2, 0.25) is 0 Å². The van der Waals surface area contributed by atoms with Crippen molar-refractivity contribution in [2.75, 3.05) is 25.6 Å². The van der Waals surface area contributed by atoms with Crippen LogP contribution in [0.1, 0.15) is 55.8 Å². The molecule has 6 nitrogen and oxygen atoms in total. The van der Waals surface area contributed by atoms with Crippen LogP contribution >= 0.6 is 0 Å². The van der Waals surface area contributed by atoms with E-state index in [4.69, 9.17) is 10.5 Å². The zero-order valence-corrected chi connectivity index (χ0v) is 16.4. The van der Waals surface area contributed by atoms with Gasteiger partial charge in [0.15, 0.2) is 0 Å². The fourth-order valence-corrected chi connectivity index (χ4v) is 4.16. The second kappa shape index (κ2) is 8.40. The smallest absolute Gasteiger partial charge is 0.253 e. The van der Waals surface area contributed by atoms with Crippen LogP contribution < -0.4 is 11.1 Å². The van der Waals surface area contributed by atoms with Crippen LogP contribution in [0.3, 0.4) is 0 Å². The molecule has 0 bridgehead atoms. The lowest BCUT2D eigenvalue weighted by Gasteiger charge is -2.37. The lowest BCUT2D eigenvalue weighted by molar-refractivity contribution is -0.122. The number of ether oxygens (including phenoxy) is 1. The van der Waals surface area contributed by atoms with Gasteiger partial charge in [0.1, 0.15) is 0 Å². The first-order valence-electron chi connectivity index (χ1n) is 9.93. The molecule has 1 aromatic carbocycles. The van der Waals surface area contributed by atoms with E-state index in [2.05, 4.69) is 5.32 Å². The molecule has 1 heterocycles. The monoisotopic (exact) mass is 373 g/mol. The van der Waals surface area contributed by atoms with E-state index >= 15 is 0 Å². The summed E-state index contributed by atoms with van der Waals surface area (Å²) in [6, 6.07) is 7.35. The Hall–Kier alpha value is -1.92. The van der Waals surface area contributed by atoms with E-state index in [9.17, 15) is 9.59 Å². The van der Waals surface area contributed by atoms with Crippen LogP contribution in [0.15, 0.2) is 24.3 Å². The molecule has 0 spiro atoms. The van der Waals surface area contributed by atoms with Gasteiger partial charge in [0.05, 0.1) is 5.92 Å². The normalized spacial score (nSPS) is 26.4. The maximum absolute atomic E-state index is 12.7. The summed E-state index contributed by atoms with van der Waals surface area (Å²) in [7, 11) is 1.85. The van der Waals surface area contributed by atoms with Crippen LogP contribution in [0.25, 0.3) is 0 Å². The van der Waals surface area contributed by atoms with Gasteiger partial charge in [-0.15, -0.1) is 0 Å². The first kappa shape index (κ1) is 19.8. The number of hydrogen-bond acceptors (Lipinski definition) is 4. The van der Waals surface area contributed by atoms with Gasteiger partial charge < -0.3 is 20.7 Å². The fourth-order valence-electron chi connectivity index (χ4n) is 4.16. The Labute approximate surface area is 161 Å². The molecule has 1 aliphatic heterocycles. The van der Waals surface area contributed by atoms with Gasteiger partial charge in [-0.25, -0.2) is 0 Å². The molecular weight excluding hydrogens is 342 g/mol. The number of carbonyl (C=O) groups excluding carboxylic acids is 2. The Morgan fingerprint density at radius 1 is 1.15 bits per heavy atom. The molecule has 3 rings (SSSR count). The predicted octanol–water partition coefficient (Wildman–Crippen LogP) is 2.78. The highest BCUT2D eigenvalue weighted by molar-refractivity contribution is 5.96. The number of nitrogens with one attached hydrogen (secondary N) is 1. The van der Waals surface area contributed by atoms with Gasteiger partial charge in [-0.05, 0) is 56.9 Å². The molecule has 1 saturated carbocycles. The van der Waals surface area contributed by atoms with Gasteiger partial charge in [0.2, 0.25) is 5.91 Å². The van der Waals surface area contributed by atoms with Crippen molar-refractivity contribution >= 4 is 17.5 Å². The summed E-state index contributed by atoms with van der Waals surface area (Å²) < 4.78 is 5.37. The number of amides is 2. The maximum Gasteiger partial charge on any atom is 0.253 e. The molecule has 2 amide bonds. The lowest BCUT2D eigenvalue weighted by atomic mass is 9.74. The predicted molar refractivity (Wildman–Crippen MR) is 106 cm³/mol. The van der Waals surface area contributed by atoms with E-state index in [1.165, 1.54) is 0 Å². The van der Waals surface area contributed by atoms with Gasteiger partial charge in [-0.3, -0.25) is 9.59 Å². The van der Waals surface area contributed by atoms with Crippen molar-refractivity contribution in [2.45, 2.75) is 57.0 Å². The zero-order valence-electron chi connectivity index (χ0n) is 16.4. The molecule has 2 atom stereocenters. The molecule has 148 valence electrons. The molecule has 1 aliphatic carbocycles. The van der Waals surface area contributed by atoms with E-state index in [1.54, 1.807) is 29.2 Å². The largest absolute Gasteiger partial charge is 0.381 e. The number of hydrogen-bond donors (Lipinski definition) is 2. The highest BCUT2D eigenvalue weighted by Crippen LogP contribution is 2.32. The van der Waals surface area contributed by atoms with Crippen molar-refractivity contribution in [1.29, 1.82) is 0 Å². The lowest BCUT2D eigenvalue weighted by Crippen LogP contribution is -2.51. The summed E-state index contributed by atoms with van der Waals surface area (Å²) in [4.78, 5) is 27.1. The van der Waals surface area contributed by atoms with E-state index in [-0.39, 0.29) is 23.8 Å². The summed E-state index contributed by atoms with van der Waals surface area (Å²) in [6.07, 6.45) is 5.55. The molecule has 0 aromatic heterocycles. The Bertz CT molecular complexity index is 666. The van der Waals surface area contributed by atoms with Crippen LogP contribution in [0, 0.1) is 5.92 Å². The second-order valence-electron chi connectivity index (χ2n) is 8.13. The fraction of sp³-hybridized carbons (Fsp3) is 0.619. The first-order valence-corrected chi connectivity index (χ1v) is 9.93. The highest BCUT2D eigenvalue weighted by atomic mass is 16.5. The molecule has 0 radical (unpaired) electrons. The van der Waals surface area contributed by atoms with Crippen LogP contribution in [0.4, 0.5) is 5.69 Å². The Morgan fingerprint density at radius 3 is 2.44 bits per heavy atom. The molecule has 2 aliphatic rings. The zero-order chi connectivity index (χ0) is 19.4. The van der Waals surface area contributed by atoms with Gasteiger partial charge in [-0.1, -0.05) is 12.8 Å². The Morgan fingerprint density at radius 2 is 1.81 bits per heavy atom. The van der Waals surface area contributed by atoms with Gasteiger partial charge in [-0.2, -0.15) is 0 Å². The van der Waals surface area contributed by atoms with E-state index in [0.717, 1.165) is 38.5 Å². The summed E-state index contributed by atoms with van der Waals surface area (Å²) in [5.74, 6) is -0.202. The standard InChI is InChI=1S/C21H31N3O3/c1-21(22)12-4-3-5-18(21)19(25)23-16-8-6-15(7-9-16)20(26)24(2)17-10-13-27-14-11-17/h6-9,17-18H,3-5,10-14,22H2,1-2H3,(H,23,25). The first-order chi connectivity index (χ1) is 12.9. The van der Waals surface area contributed by atoms with Crippen molar-refractivity contribution in [3.05, 3.63) is 29.8 Å². The molecule has 27 heavy (non-hydrogen) atoms. The van der Waals surface area contributed by atoms with Gasteiger partial charge >= 0.3 is 0 Å². The summed E-state index contributed by atoms with van der Waals surface area (Å²) in [6.45, 7) is 3.37. The topological polar surface area (TPSA) is 84.7 Å². The SMILES string of the molecule is CN(C(=O)c1ccc(NC(=O)C2CCCCC2(C)N)cc1)C1CCOCC1. The molecule has 1 aromatic rings. The third-order valence-electron chi connectivity index (χ3n) is 6.03. The molecule has 3 N–H and O–H groups in total. The average molecular weight is 373 g/mol. The van der Waals surface area contributed by atoms with Gasteiger partial charge in [0, 0.05) is 43.1 Å². The van der Waals surface area contributed by atoms with Crippen LogP contribution in [-0.2, 0) is 9.53 Å². The van der Waals surface area contributed by atoms with Crippen molar-refractivity contribution in [2.24, 2.45) is 11.7 Å². The van der Waals surface area contributed by atoms with Crippen molar-refractivity contribution in [3.63, 3.8) is 0 Å². The minimum Gasteiger partial charge on any atom is -0.381 e. The van der Waals surface area contributed by atoms with E-state index < -0.39 is 5.54 Å². The molecule has 1 saturated heterocycles. The highest BCUT2D eigenvalue weighted by Gasteiger charge is 2.37. The third-order valence-corrected chi connectivity index (χ3v) is 6.03. The Kier molecular flexibility index (Phi) is 6.17. The van der Waals surface area contributed by atoms with Crippen molar-refractivity contribution in [3.8, 4) is 0 Å². The number of anilines is 1. The van der Waals surface area contributed by atoms with Crippen LogP contribution in [-0.4, -0.2) is 48.6 Å². The molecular formula is C21H31N3O3. The Balaban J connectivity index is 1.61. The number of rotatable bonds is 4. The minimum absolute atomic E-state index is 0.00147. The molecule has 6 heteroatoms. The van der Waals surface area contributed by atoms with Crippen LogP contribution in [0.5, 0.6) is 0 Å². The van der Waals surface area contributed by atoms with Gasteiger partial charge in [0.25, 0.3) is 5.91 Å². The van der Waals surface area contributed by atoms with E-state index in [1.807, 2.05) is 14.0 Å². The maximum atomic E-state index is 12.7. The third kappa shape index (κ3) is 4.68. The molecule has 2 unspecified atom stereocenters. The van der Waals surface area contributed by atoms with Crippen molar-refractivity contribution in [1.82, 2.24) is 4.90 Å². The van der Waals surface area contributed by atoms with Crippen molar-refractivity contribution < 1.29 is 14.3 Å². The summed E-state index contributed by atoms with van der Waals surface area (Å²) in [5, 5.41) is 2.97. The summed E-state index contributed by atoms with van der Waals surface area (Å²) in [5.41, 5.74) is 7.20. The minimum atomic E-state index is -0.454. The average Bonchev–Trinajstić information content (AvgIpc) is 2.67. The summed E-state index contributed by atoms with van der Waals surface area (Å²) >= 11 is 0. The quantitative estimate of drug-likeness (QED) is 0.850. The number of carbonyl (C=O) groups is 2.